The Labute approximate surface area is 135 Å². The third-order valence-electron chi connectivity index (χ3n) is 3.63. The summed E-state index contributed by atoms with van der Waals surface area (Å²) in [5.74, 6) is 0.459. The first-order valence-corrected chi connectivity index (χ1v) is 7.87. The van der Waals surface area contributed by atoms with Crippen molar-refractivity contribution in [3.63, 3.8) is 0 Å². The Morgan fingerprint density at radius 1 is 1.35 bits per heavy atom. The van der Waals surface area contributed by atoms with Crippen LogP contribution in [0, 0.1) is 6.92 Å². The number of ether oxygens (including phenoxy) is 2. The molecular weight excluding hydrogens is 318 g/mol. The molecule has 3 heterocycles. The van der Waals surface area contributed by atoms with E-state index in [9.17, 15) is 4.79 Å². The summed E-state index contributed by atoms with van der Waals surface area (Å²) in [6.45, 7) is 3.24. The van der Waals surface area contributed by atoms with Crippen LogP contribution in [0.5, 0.6) is 11.5 Å². The topological polar surface area (TPSA) is 86.5 Å². The van der Waals surface area contributed by atoms with Crippen LogP contribution >= 0.6 is 11.3 Å². The molecule has 4 rings (SSSR count). The highest BCUT2D eigenvalue weighted by Gasteiger charge is 2.17. The van der Waals surface area contributed by atoms with Gasteiger partial charge in [0, 0.05) is 12.1 Å². The van der Waals surface area contributed by atoms with Gasteiger partial charge in [0.25, 0.3) is 0 Å². The van der Waals surface area contributed by atoms with Crippen LogP contribution < -0.4 is 9.47 Å². The standard InChI is InChI=1S/C15H13N3O4S/c1-8-14(15(19)20)23-13(17-8)6-18-7-16-9-4-11-12(5-10(9)18)22-3-2-21-11/h4-5,7H,2-3,6H2,1H3,(H,19,20). The minimum Gasteiger partial charge on any atom is -0.486 e. The summed E-state index contributed by atoms with van der Waals surface area (Å²) < 4.78 is 13.1. The van der Waals surface area contributed by atoms with Gasteiger partial charge < -0.3 is 19.1 Å². The number of aromatic carboxylic acids is 1. The summed E-state index contributed by atoms with van der Waals surface area (Å²) in [5, 5.41) is 9.86. The molecule has 0 radical (unpaired) electrons. The van der Waals surface area contributed by atoms with Gasteiger partial charge in [-0.2, -0.15) is 0 Å². The average molecular weight is 331 g/mol. The zero-order valence-corrected chi connectivity index (χ0v) is 13.1. The molecule has 118 valence electrons. The average Bonchev–Trinajstić information content (AvgIpc) is 3.09. The molecule has 0 bridgehead atoms. The predicted molar refractivity (Wildman–Crippen MR) is 83.6 cm³/mol. The summed E-state index contributed by atoms with van der Waals surface area (Å²) >= 11 is 1.19. The molecule has 0 saturated heterocycles. The van der Waals surface area contributed by atoms with E-state index in [2.05, 4.69) is 9.97 Å². The second kappa shape index (κ2) is 5.24. The van der Waals surface area contributed by atoms with Gasteiger partial charge in [-0.15, -0.1) is 11.3 Å². The number of rotatable bonds is 3. The highest BCUT2D eigenvalue weighted by Crippen LogP contribution is 2.34. The molecule has 0 aliphatic carbocycles. The van der Waals surface area contributed by atoms with Crippen molar-refractivity contribution in [1.82, 2.24) is 14.5 Å². The fourth-order valence-electron chi connectivity index (χ4n) is 2.58. The molecule has 0 atom stereocenters. The van der Waals surface area contributed by atoms with Crippen LogP contribution in [0.3, 0.4) is 0 Å². The zero-order chi connectivity index (χ0) is 16.0. The number of aromatic nitrogens is 3. The van der Waals surface area contributed by atoms with Gasteiger partial charge in [-0.3, -0.25) is 0 Å². The maximum Gasteiger partial charge on any atom is 0.347 e. The summed E-state index contributed by atoms with van der Waals surface area (Å²) in [6.07, 6.45) is 1.72. The van der Waals surface area contributed by atoms with Crippen LogP contribution in [0.15, 0.2) is 18.5 Å². The van der Waals surface area contributed by atoms with E-state index in [1.807, 2.05) is 16.7 Å². The maximum absolute atomic E-state index is 11.1. The van der Waals surface area contributed by atoms with Crippen molar-refractivity contribution in [3.05, 3.63) is 34.0 Å². The Balaban J connectivity index is 1.72. The number of hydrogen-bond donors (Lipinski definition) is 1. The third kappa shape index (κ3) is 2.40. The molecule has 1 aliphatic heterocycles. The number of hydrogen-bond acceptors (Lipinski definition) is 6. The van der Waals surface area contributed by atoms with E-state index in [4.69, 9.17) is 14.6 Å². The van der Waals surface area contributed by atoms with Crippen LogP contribution in [0.2, 0.25) is 0 Å². The van der Waals surface area contributed by atoms with E-state index in [-0.39, 0.29) is 4.88 Å². The van der Waals surface area contributed by atoms with Gasteiger partial charge in [-0.1, -0.05) is 0 Å². The predicted octanol–water partition coefficient (Wildman–Crippen LogP) is 2.32. The van der Waals surface area contributed by atoms with Gasteiger partial charge in [-0.25, -0.2) is 14.8 Å². The number of benzene rings is 1. The second-order valence-electron chi connectivity index (χ2n) is 5.18. The quantitative estimate of drug-likeness (QED) is 0.792. The van der Waals surface area contributed by atoms with Crippen molar-refractivity contribution >= 4 is 28.3 Å². The largest absolute Gasteiger partial charge is 0.486 e. The summed E-state index contributed by atoms with van der Waals surface area (Å²) in [4.78, 5) is 20.1. The van der Waals surface area contributed by atoms with Crippen LogP contribution in [-0.4, -0.2) is 38.8 Å². The molecule has 7 nitrogen and oxygen atoms in total. The van der Waals surface area contributed by atoms with E-state index in [0.717, 1.165) is 16.0 Å². The smallest absolute Gasteiger partial charge is 0.347 e. The number of carbonyl (C=O) groups is 1. The molecule has 0 saturated carbocycles. The van der Waals surface area contributed by atoms with Gasteiger partial charge in [-0.05, 0) is 6.92 Å². The monoisotopic (exact) mass is 331 g/mol. The molecule has 0 spiro atoms. The fraction of sp³-hybridized carbons (Fsp3) is 0.267. The molecule has 0 fully saturated rings. The second-order valence-corrected chi connectivity index (χ2v) is 6.27. The number of nitrogens with zero attached hydrogens (tertiary/aromatic N) is 3. The third-order valence-corrected chi connectivity index (χ3v) is 4.76. The maximum atomic E-state index is 11.1. The molecule has 3 aromatic rings. The Morgan fingerprint density at radius 3 is 2.78 bits per heavy atom. The van der Waals surface area contributed by atoms with Gasteiger partial charge in [0.15, 0.2) is 11.5 Å². The highest BCUT2D eigenvalue weighted by atomic mass is 32.1. The Kier molecular flexibility index (Phi) is 3.19. The zero-order valence-electron chi connectivity index (χ0n) is 12.3. The van der Waals surface area contributed by atoms with E-state index in [0.29, 0.717) is 37.0 Å². The number of imidazole rings is 1. The SMILES string of the molecule is Cc1nc(Cn2cnc3cc4c(cc32)OCCO4)sc1C(=O)O. The molecule has 1 aliphatic rings. The molecule has 2 aromatic heterocycles. The minimum absolute atomic E-state index is 0.276. The van der Waals surface area contributed by atoms with E-state index < -0.39 is 5.97 Å². The number of thiazole rings is 1. The van der Waals surface area contributed by atoms with E-state index in [1.165, 1.54) is 11.3 Å². The number of carboxylic acids is 1. The van der Waals surface area contributed by atoms with Crippen LogP contribution in [-0.2, 0) is 6.54 Å². The van der Waals surface area contributed by atoms with Crippen molar-refractivity contribution in [3.8, 4) is 11.5 Å². The van der Waals surface area contributed by atoms with Crippen molar-refractivity contribution in [2.75, 3.05) is 13.2 Å². The van der Waals surface area contributed by atoms with Crippen molar-refractivity contribution in [2.24, 2.45) is 0 Å². The summed E-state index contributed by atoms with van der Waals surface area (Å²) in [5.41, 5.74) is 2.25. The first kappa shape index (κ1) is 14.0. The molecule has 8 heteroatoms. The highest BCUT2D eigenvalue weighted by molar-refractivity contribution is 7.13. The van der Waals surface area contributed by atoms with Crippen LogP contribution in [0.25, 0.3) is 11.0 Å². The Morgan fingerprint density at radius 2 is 2.09 bits per heavy atom. The lowest BCUT2D eigenvalue weighted by atomic mass is 10.2. The fourth-order valence-corrected chi connectivity index (χ4v) is 3.49. The molecule has 23 heavy (non-hydrogen) atoms. The summed E-state index contributed by atoms with van der Waals surface area (Å²) in [7, 11) is 0. The van der Waals surface area contributed by atoms with Crippen LogP contribution in [0.4, 0.5) is 0 Å². The van der Waals surface area contributed by atoms with Crippen molar-refractivity contribution in [2.45, 2.75) is 13.5 Å². The van der Waals surface area contributed by atoms with Gasteiger partial charge in [0.1, 0.15) is 23.1 Å². The molecule has 1 N–H and O–H groups in total. The lowest BCUT2D eigenvalue weighted by molar-refractivity contribution is 0.0701. The molecule has 0 unspecified atom stereocenters. The van der Waals surface area contributed by atoms with Gasteiger partial charge >= 0.3 is 5.97 Å². The van der Waals surface area contributed by atoms with Crippen LogP contribution in [0.1, 0.15) is 20.4 Å². The molecule has 1 aromatic carbocycles. The lowest BCUT2D eigenvalue weighted by Crippen LogP contribution is -2.15. The molecule has 0 amide bonds. The van der Waals surface area contributed by atoms with E-state index >= 15 is 0 Å². The Bertz CT molecular complexity index is 915. The van der Waals surface area contributed by atoms with Crippen molar-refractivity contribution in [1.29, 1.82) is 0 Å². The lowest BCUT2D eigenvalue weighted by Gasteiger charge is -2.18. The van der Waals surface area contributed by atoms with Crippen molar-refractivity contribution < 1.29 is 19.4 Å². The Hall–Kier alpha value is -2.61. The van der Waals surface area contributed by atoms with Gasteiger partial charge in [0.2, 0.25) is 0 Å². The number of fused-ring (bicyclic) bond motifs is 2. The summed E-state index contributed by atoms with van der Waals surface area (Å²) in [6, 6.07) is 3.76. The normalized spacial score (nSPS) is 13.4. The van der Waals surface area contributed by atoms with E-state index in [1.54, 1.807) is 13.3 Å². The minimum atomic E-state index is -0.943. The van der Waals surface area contributed by atoms with Gasteiger partial charge in [0.05, 0.1) is 29.6 Å². The number of carboxylic acid groups (broad SMARTS) is 1. The molecular formula is C15H13N3O4S. The first-order valence-electron chi connectivity index (χ1n) is 7.06. The first-order chi connectivity index (χ1) is 11.1. The number of aryl methyl sites for hydroxylation is 1.